The van der Waals surface area contributed by atoms with E-state index in [1.54, 1.807) is 0 Å². The Morgan fingerprint density at radius 3 is 2.82 bits per heavy atom. The van der Waals surface area contributed by atoms with Gasteiger partial charge in [-0.25, -0.2) is 0 Å². The van der Waals surface area contributed by atoms with Gasteiger partial charge in [0, 0.05) is 12.8 Å². The maximum absolute atomic E-state index is 9.38. The number of aliphatic hydroxyl groups is 1. The minimum Gasteiger partial charge on any atom is -0.388 e. The van der Waals surface area contributed by atoms with Crippen LogP contribution in [0.25, 0.3) is 0 Å². The fourth-order valence-electron chi connectivity index (χ4n) is 1.36. The van der Waals surface area contributed by atoms with Gasteiger partial charge in [0.05, 0.1) is 6.10 Å². The molecule has 0 spiro atoms. The van der Waals surface area contributed by atoms with Gasteiger partial charge in [-0.3, -0.25) is 0 Å². The lowest BCUT2D eigenvalue weighted by Crippen LogP contribution is -2.01. The van der Waals surface area contributed by atoms with Crippen LogP contribution in [0.3, 0.4) is 0 Å². The van der Waals surface area contributed by atoms with E-state index in [1.165, 1.54) is 0 Å². The molecule has 1 unspecified atom stereocenters. The molecule has 0 aromatic carbocycles. The van der Waals surface area contributed by atoms with Gasteiger partial charge in [0.25, 0.3) is 0 Å². The fraction of sp³-hybridized carbons (Fsp3) is 0.400. The van der Waals surface area contributed by atoms with Crippen LogP contribution in [0, 0.1) is 12.3 Å². The van der Waals surface area contributed by atoms with Gasteiger partial charge in [-0.15, -0.1) is 12.3 Å². The molecule has 0 aromatic heterocycles. The first-order valence-electron chi connectivity index (χ1n) is 3.66. The standard InChI is InChI=1S/C10H12O/c1-4-5-9-7(2)6-10(11)8(9)3/h1,10-11H,2,5-6H2,3H3. The monoisotopic (exact) mass is 148 g/mol. The summed E-state index contributed by atoms with van der Waals surface area (Å²) in [5.41, 5.74) is 3.06. The van der Waals surface area contributed by atoms with E-state index >= 15 is 0 Å². The second-order valence-corrected chi connectivity index (χ2v) is 2.87. The van der Waals surface area contributed by atoms with Crippen LogP contribution in [0.1, 0.15) is 19.8 Å². The third-order valence-electron chi connectivity index (χ3n) is 2.12. The highest BCUT2D eigenvalue weighted by Gasteiger charge is 2.21. The summed E-state index contributed by atoms with van der Waals surface area (Å²) in [5.74, 6) is 2.56. The molecule has 0 amide bonds. The van der Waals surface area contributed by atoms with Gasteiger partial charge >= 0.3 is 0 Å². The lowest BCUT2D eigenvalue weighted by Gasteiger charge is -2.00. The lowest BCUT2D eigenvalue weighted by atomic mass is 10.1. The van der Waals surface area contributed by atoms with Crippen molar-refractivity contribution >= 4 is 0 Å². The van der Waals surface area contributed by atoms with Crippen molar-refractivity contribution < 1.29 is 5.11 Å². The van der Waals surface area contributed by atoms with Crippen molar-refractivity contribution in [2.24, 2.45) is 0 Å². The van der Waals surface area contributed by atoms with E-state index in [0.717, 1.165) is 16.7 Å². The van der Waals surface area contributed by atoms with Gasteiger partial charge in [0.15, 0.2) is 0 Å². The quantitative estimate of drug-likeness (QED) is 0.560. The molecule has 0 heterocycles. The van der Waals surface area contributed by atoms with Crippen LogP contribution in [0.5, 0.6) is 0 Å². The van der Waals surface area contributed by atoms with Gasteiger partial charge in [-0.1, -0.05) is 6.58 Å². The first-order chi connectivity index (χ1) is 5.16. The molecule has 0 aromatic rings. The Morgan fingerprint density at radius 2 is 2.45 bits per heavy atom. The predicted molar refractivity (Wildman–Crippen MR) is 45.9 cm³/mol. The van der Waals surface area contributed by atoms with E-state index in [-0.39, 0.29) is 6.10 Å². The van der Waals surface area contributed by atoms with Gasteiger partial charge in [-0.2, -0.15) is 0 Å². The number of rotatable bonds is 1. The van der Waals surface area contributed by atoms with Gasteiger partial charge in [0.1, 0.15) is 0 Å². The molecule has 1 N–H and O–H groups in total. The molecule has 11 heavy (non-hydrogen) atoms. The van der Waals surface area contributed by atoms with Crippen molar-refractivity contribution in [2.45, 2.75) is 25.9 Å². The summed E-state index contributed by atoms with van der Waals surface area (Å²) in [7, 11) is 0. The number of hydrogen-bond donors (Lipinski definition) is 1. The number of terminal acetylenes is 1. The first kappa shape index (κ1) is 8.10. The third-order valence-corrected chi connectivity index (χ3v) is 2.12. The Balaban J connectivity index is 2.89. The van der Waals surface area contributed by atoms with E-state index in [9.17, 15) is 5.11 Å². The number of allylic oxidation sites excluding steroid dienone is 1. The maximum atomic E-state index is 9.38. The average Bonchev–Trinajstić information content (AvgIpc) is 2.17. The molecule has 1 aliphatic carbocycles. The molecule has 58 valence electrons. The highest BCUT2D eigenvalue weighted by molar-refractivity contribution is 5.43. The predicted octanol–water partition coefficient (Wildman–Crippen LogP) is 1.65. The van der Waals surface area contributed by atoms with E-state index in [4.69, 9.17) is 6.42 Å². The van der Waals surface area contributed by atoms with Crippen molar-refractivity contribution in [3.8, 4) is 12.3 Å². The Labute approximate surface area is 67.4 Å². The van der Waals surface area contributed by atoms with E-state index in [2.05, 4.69) is 12.5 Å². The summed E-state index contributed by atoms with van der Waals surface area (Å²) in [5, 5.41) is 9.38. The molecule has 0 fully saturated rings. The van der Waals surface area contributed by atoms with Crippen LogP contribution in [0.15, 0.2) is 23.3 Å². The molecule has 0 saturated carbocycles. The van der Waals surface area contributed by atoms with Crippen LogP contribution >= 0.6 is 0 Å². The molecule has 1 heteroatoms. The van der Waals surface area contributed by atoms with E-state index in [0.29, 0.717) is 12.8 Å². The molecule has 1 rings (SSSR count). The Kier molecular flexibility index (Phi) is 2.16. The second-order valence-electron chi connectivity index (χ2n) is 2.87. The van der Waals surface area contributed by atoms with Crippen molar-refractivity contribution in [1.29, 1.82) is 0 Å². The largest absolute Gasteiger partial charge is 0.388 e. The molecule has 1 aliphatic rings. The summed E-state index contributed by atoms with van der Waals surface area (Å²) in [6.45, 7) is 5.75. The fourth-order valence-corrected chi connectivity index (χ4v) is 1.36. The second kappa shape index (κ2) is 2.94. The van der Waals surface area contributed by atoms with Crippen LogP contribution in [-0.4, -0.2) is 11.2 Å². The zero-order valence-corrected chi connectivity index (χ0v) is 6.72. The average molecular weight is 148 g/mol. The minimum atomic E-state index is -0.342. The molecule has 0 aliphatic heterocycles. The van der Waals surface area contributed by atoms with E-state index in [1.807, 2.05) is 6.92 Å². The van der Waals surface area contributed by atoms with Crippen LogP contribution in [0.2, 0.25) is 0 Å². The van der Waals surface area contributed by atoms with Gasteiger partial charge < -0.3 is 5.11 Å². The summed E-state index contributed by atoms with van der Waals surface area (Å²) >= 11 is 0. The van der Waals surface area contributed by atoms with Crippen molar-refractivity contribution in [3.05, 3.63) is 23.3 Å². The smallest absolute Gasteiger partial charge is 0.0793 e. The molecule has 1 nitrogen and oxygen atoms in total. The van der Waals surface area contributed by atoms with Crippen molar-refractivity contribution in [2.75, 3.05) is 0 Å². The highest BCUT2D eigenvalue weighted by Crippen LogP contribution is 2.31. The zero-order valence-electron chi connectivity index (χ0n) is 6.72. The normalized spacial score (nSPS) is 24.1. The molecule has 0 radical (unpaired) electrons. The highest BCUT2D eigenvalue weighted by atomic mass is 16.3. The topological polar surface area (TPSA) is 20.2 Å². The molecule has 1 atom stereocenters. The first-order valence-corrected chi connectivity index (χ1v) is 3.66. The molecule has 0 saturated heterocycles. The van der Waals surface area contributed by atoms with Crippen molar-refractivity contribution in [3.63, 3.8) is 0 Å². The van der Waals surface area contributed by atoms with Crippen LogP contribution in [0.4, 0.5) is 0 Å². The SMILES string of the molecule is C#CCC1=C(C)C(O)CC1=C. The van der Waals surface area contributed by atoms with E-state index < -0.39 is 0 Å². The maximum Gasteiger partial charge on any atom is 0.0793 e. The van der Waals surface area contributed by atoms with Crippen LogP contribution in [-0.2, 0) is 0 Å². The zero-order chi connectivity index (χ0) is 8.43. The molecule has 0 bridgehead atoms. The summed E-state index contributed by atoms with van der Waals surface area (Å²) < 4.78 is 0. The Hall–Kier alpha value is -1.00. The summed E-state index contributed by atoms with van der Waals surface area (Å²) in [6, 6.07) is 0. The number of hydrogen-bond acceptors (Lipinski definition) is 1. The van der Waals surface area contributed by atoms with Crippen LogP contribution < -0.4 is 0 Å². The lowest BCUT2D eigenvalue weighted by molar-refractivity contribution is 0.219. The van der Waals surface area contributed by atoms with Gasteiger partial charge in [0.2, 0.25) is 0 Å². The minimum absolute atomic E-state index is 0.342. The summed E-state index contributed by atoms with van der Waals surface area (Å²) in [4.78, 5) is 0. The Bertz CT molecular complexity index is 253. The molecular weight excluding hydrogens is 136 g/mol. The summed E-state index contributed by atoms with van der Waals surface area (Å²) in [6.07, 6.45) is 6.08. The van der Waals surface area contributed by atoms with Gasteiger partial charge in [-0.05, 0) is 23.6 Å². The number of aliphatic hydroxyl groups excluding tert-OH is 1. The van der Waals surface area contributed by atoms with Crippen molar-refractivity contribution in [1.82, 2.24) is 0 Å². The molecular formula is C10H12O. The Morgan fingerprint density at radius 1 is 1.82 bits per heavy atom. The third kappa shape index (κ3) is 1.36.